The van der Waals surface area contributed by atoms with Crippen LogP contribution in [-0.4, -0.2) is 54.9 Å². The number of rotatable bonds is 7. The van der Waals surface area contributed by atoms with Gasteiger partial charge in [-0.25, -0.2) is 0 Å². The molecule has 2 aromatic carbocycles. The highest BCUT2D eigenvalue weighted by molar-refractivity contribution is 6.46. The third-order valence-corrected chi connectivity index (χ3v) is 5.04. The topological polar surface area (TPSA) is 105 Å². The Labute approximate surface area is 180 Å². The third-order valence-electron chi connectivity index (χ3n) is 5.04. The molecule has 2 amide bonds. The van der Waals surface area contributed by atoms with Crippen LogP contribution >= 0.6 is 0 Å². The van der Waals surface area contributed by atoms with Crippen molar-refractivity contribution < 1.29 is 29.0 Å². The predicted molar refractivity (Wildman–Crippen MR) is 114 cm³/mol. The number of aliphatic hydroxyl groups excluding tert-OH is 1. The van der Waals surface area contributed by atoms with Crippen LogP contribution in [0.15, 0.2) is 54.1 Å². The lowest BCUT2D eigenvalue weighted by Gasteiger charge is -2.26. The zero-order chi connectivity index (χ0) is 22.5. The first-order chi connectivity index (χ1) is 14.9. The van der Waals surface area contributed by atoms with Gasteiger partial charge in [0.15, 0.2) is 11.5 Å². The maximum Gasteiger partial charge on any atom is 0.295 e. The monoisotopic (exact) mass is 424 g/mol. The minimum Gasteiger partial charge on any atom is -0.507 e. The molecule has 0 unspecified atom stereocenters. The van der Waals surface area contributed by atoms with Crippen molar-refractivity contribution in [2.75, 3.05) is 27.3 Å². The molecule has 3 rings (SSSR count). The Balaban J connectivity index is 2.14. The second kappa shape index (κ2) is 9.34. The molecule has 1 saturated heterocycles. The number of methoxy groups -OCH3 is 2. The summed E-state index contributed by atoms with van der Waals surface area (Å²) in [6, 6.07) is 12.8. The number of benzene rings is 2. The molecular weight excluding hydrogens is 400 g/mol. The average molecular weight is 424 g/mol. The van der Waals surface area contributed by atoms with Crippen LogP contribution in [0.5, 0.6) is 11.5 Å². The molecule has 162 valence electrons. The fourth-order valence-electron chi connectivity index (χ4n) is 3.58. The summed E-state index contributed by atoms with van der Waals surface area (Å²) in [5, 5.41) is 13.6. The molecule has 8 nitrogen and oxygen atoms in total. The van der Waals surface area contributed by atoms with Gasteiger partial charge in [-0.1, -0.05) is 36.4 Å². The number of aliphatic hydroxyl groups is 1. The van der Waals surface area contributed by atoms with Crippen LogP contribution in [0.2, 0.25) is 0 Å². The summed E-state index contributed by atoms with van der Waals surface area (Å²) in [4.78, 5) is 38.4. The van der Waals surface area contributed by atoms with Gasteiger partial charge in [-0.3, -0.25) is 14.4 Å². The lowest BCUT2D eigenvalue weighted by molar-refractivity contribution is -0.140. The van der Waals surface area contributed by atoms with Crippen LogP contribution in [0.25, 0.3) is 5.76 Å². The lowest BCUT2D eigenvalue weighted by atomic mass is 9.95. The van der Waals surface area contributed by atoms with E-state index >= 15 is 0 Å². The average Bonchev–Trinajstić information content (AvgIpc) is 3.03. The third kappa shape index (κ3) is 4.37. The Hall–Kier alpha value is -3.81. The van der Waals surface area contributed by atoms with Gasteiger partial charge in [-0.2, -0.15) is 0 Å². The van der Waals surface area contributed by atoms with Crippen molar-refractivity contribution in [3.05, 3.63) is 65.2 Å². The summed E-state index contributed by atoms with van der Waals surface area (Å²) < 4.78 is 10.6. The molecule has 31 heavy (non-hydrogen) atoms. The number of carbonyl (C=O) groups is 3. The molecule has 0 radical (unpaired) electrons. The predicted octanol–water partition coefficient (Wildman–Crippen LogP) is 2.26. The summed E-state index contributed by atoms with van der Waals surface area (Å²) in [5.41, 5.74) is 0.969. The zero-order valence-electron chi connectivity index (χ0n) is 17.5. The van der Waals surface area contributed by atoms with E-state index in [1.54, 1.807) is 48.5 Å². The second-order valence-electron chi connectivity index (χ2n) is 6.96. The van der Waals surface area contributed by atoms with E-state index in [4.69, 9.17) is 9.47 Å². The summed E-state index contributed by atoms with van der Waals surface area (Å²) >= 11 is 0. The van der Waals surface area contributed by atoms with Crippen LogP contribution in [-0.2, 0) is 14.4 Å². The second-order valence-corrected chi connectivity index (χ2v) is 6.96. The van der Waals surface area contributed by atoms with Gasteiger partial charge >= 0.3 is 0 Å². The van der Waals surface area contributed by atoms with Crippen LogP contribution in [0, 0.1) is 0 Å². The fraction of sp³-hybridized carbons (Fsp3) is 0.261. The molecule has 1 heterocycles. The van der Waals surface area contributed by atoms with E-state index in [-0.39, 0.29) is 30.3 Å². The van der Waals surface area contributed by atoms with Gasteiger partial charge in [0.25, 0.3) is 11.7 Å². The first-order valence-corrected chi connectivity index (χ1v) is 9.69. The van der Waals surface area contributed by atoms with Gasteiger partial charge < -0.3 is 24.8 Å². The molecule has 0 spiro atoms. The molecule has 2 aromatic rings. The molecule has 2 N–H and O–H groups in total. The number of nitrogens with zero attached hydrogens (tertiary/aromatic N) is 1. The Morgan fingerprint density at radius 3 is 2.35 bits per heavy atom. The van der Waals surface area contributed by atoms with Gasteiger partial charge in [0.1, 0.15) is 5.76 Å². The first-order valence-electron chi connectivity index (χ1n) is 9.69. The van der Waals surface area contributed by atoms with Gasteiger partial charge in [0, 0.05) is 25.6 Å². The molecule has 1 atom stereocenters. The van der Waals surface area contributed by atoms with E-state index in [2.05, 4.69) is 5.32 Å². The lowest BCUT2D eigenvalue weighted by Crippen LogP contribution is -2.37. The molecular formula is C23H24N2O6. The number of ketones is 1. The van der Waals surface area contributed by atoms with E-state index in [9.17, 15) is 19.5 Å². The maximum absolute atomic E-state index is 12.9. The van der Waals surface area contributed by atoms with E-state index < -0.39 is 17.7 Å². The quantitative estimate of drug-likeness (QED) is 0.401. The van der Waals surface area contributed by atoms with Crippen LogP contribution < -0.4 is 14.8 Å². The van der Waals surface area contributed by atoms with Crippen molar-refractivity contribution in [2.45, 2.75) is 13.0 Å². The van der Waals surface area contributed by atoms with Gasteiger partial charge in [0.2, 0.25) is 5.91 Å². The van der Waals surface area contributed by atoms with Crippen molar-refractivity contribution >= 4 is 23.4 Å². The molecule has 8 heteroatoms. The highest BCUT2D eigenvalue weighted by Crippen LogP contribution is 2.41. The van der Waals surface area contributed by atoms with Crippen molar-refractivity contribution in [2.24, 2.45) is 0 Å². The summed E-state index contributed by atoms with van der Waals surface area (Å²) in [7, 11) is 2.99. The molecule has 1 aliphatic heterocycles. The number of nitrogens with one attached hydrogen (secondary N) is 1. The Morgan fingerprint density at radius 2 is 1.74 bits per heavy atom. The van der Waals surface area contributed by atoms with Crippen molar-refractivity contribution in [1.82, 2.24) is 10.2 Å². The highest BCUT2D eigenvalue weighted by atomic mass is 16.5. The molecule has 0 aromatic heterocycles. The zero-order valence-corrected chi connectivity index (χ0v) is 17.5. The number of carbonyl (C=O) groups excluding carboxylic acids is 3. The van der Waals surface area contributed by atoms with Crippen LogP contribution in [0.1, 0.15) is 24.1 Å². The normalized spacial score (nSPS) is 17.5. The Morgan fingerprint density at radius 1 is 1.06 bits per heavy atom. The fourth-order valence-corrected chi connectivity index (χ4v) is 3.58. The largest absolute Gasteiger partial charge is 0.507 e. The molecule has 0 saturated carbocycles. The number of amides is 2. The smallest absolute Gasteiger partial charge is 0.295 e. The highest BCUT2D eigenvalue weighted by Gasteiger charge is 2.46. The Bertz CT molecular complexity index is 1030. The van der Waals surface area contributed by atoms with Crippen molar-refractivity contribution in [1.29, 1.82) is 0 Å². The van der Waals surface area contributed by atoms with Crippen LogP contribution in [0.4, 0.5) is 0 Å². The SMILES string of the molecule is COc1ccc([C@H]2C(=C(O)c3ccccc3)C(=O)C(=O)N2CCNC(C)=O)cc1OC. The molecule has 0 bridgehead atoms. The van der Waals surface area contributed by atoms with E-state index in [0.717, 1.165) is 0 Å². The molecule has 1 fully saturated rings. The van der Waals surface area contributed by atoms with Crippen molar-refractivity contribution in [3.8, 4) is 11.5 Å². The minimum absolute atomic E-state index is 0.0220. The summed E-state index contributed by atoms with van der Waals surface area (Å²) in [6.45, 7) is 1.63. The minimum atomic E-state index is -0.853. The van der Waals surface area contributed by atoms with Gasteiger partial charge in [-0.15, -0.1) is 0 Å². The number of ether oxygens (including phenoxy) is 2. The standard InChI is InChI=1S/C23H24N2O6/c1-14(26)24-11-12-25-20(16-9-10-17(30-2)18(13-16)31-3)19(22(28)23(25)29)21(27)15-7-5-4-6-8-15/h4-10,13,20,27H,11-12H2,1-3H3,(H,24,26)/t20-/m0/s1. The maximum atomic E-state index is 12.9. The molecule has 1 aliphatic rings. The number of likely N-dealkylation sites (tertiary alicyclic amines) is 1. The van der Waals surface area contributed by atoms with Gasteiger partial charge in [0.05, 0.1) is 25.8 Å². The summed E-state index contributed by atoms with van der Waals surface area (Å²) in [5.74, 6) is -1.13. The van der Waals surface area contributed by atoms with E-state index in [1.165, 1.54) is 26.0 Å². The van der Waals surface area contributed by atoms with E-state index in [1.807, 2.05) is 0 Å². The molecule has 0 aliphatic carbocycles. The Kier molecular flexibility index (Phi) is 6.59. The van der Waals surface area contributed by atoms with E-state index in [0.29, 0.717) is 22.6 Å². The van der Waals surface area contributed by atoms with Crippen LogP contribution in [0.3, 0.4) is 0 Å². The summed E-state index contributed by atoms with van der Waals surface area (Å²) in [6.07, 6.45) is 0. The van der Waals surface area contributed by atoms with Crippen molar-refractivity contribution in [3.63, 3.8) is 0 Å². The number of hydrogen-bond donors (Lipinski definition) is 2. The number of hydrogen-bond acceptors (Lipinski definition) is 6. The number of Topliss-reactive ketones (excluding diaryl/α,β-unsaturated/α-hetero) is 1. The van der Waals surface area contributed by atoms with Gasteiger partial charge in [-0.05, 0) is 17.7 Å². The first kappa shape index (κ1) is 21.9.